The fraction of sp³-hybridized carbons (Fsp3) is 0.350. The minimum absolute atomic E-state index is 0.374. The Balaban J connectivity index is 1.65. The topological polar surface area (TPSA) is 93.7 Å². The number of para-hydroxylation sites is 1. The maximum atomic E-state index is 12.5. The summed E-state index contributed by atoms with van der Waals surface area (Å²) in [5, 5.41) is 4.78. The monoisotopic (exact) mass is 402 g/mol. The normalized spacial score (nSPS) is 13.4. The number of hydrogen-bond donors (Lipinski definition) is 2. The Morgan fingerprint density at radius 2 is 1.93 bits per heavy atom. The van der Waals surface area contributed by atoms with Crippen LogP contribution in [0.2, 0.25) is 0 Å². The molecule has 1 atom stereocenters. The molecule has 0 radical (unpaired) electrons. The van der Waals surface area contributed by atoms with Crippen LogP contribution in [-0.4, -0.2) is 29.6 Å². The summed E-state index contributed by atoms with van der Waals surface area (Å²) in [7, 11) is 0. The molecule has 148 valence electrons. The third kappa shape index (κ3) is 4.51. The van der Waals surface area contributed by atoms with Gasteiger partial charge in [0.1, 0.15) is 17.2 Å². The third-order valence-electron chi connectivity index (χ3n) is 3.90. The quantitative estimate of drug-likeness (QED) is 0.767. The summed E-state index contributed by atoms with van der Waals surface area (Å²) in [5.41, 5.74) is 1.34. The zero-order valence-corrected chi connectivity index (χ0v) is 16.9. The number of nitrogens with one attached hydrogen (secondary N) is 2. The van der Waals surface area contributed by atoms with Crippen LogP contribution in [0.5, 0.6) is 5.75 Å². The van der Waals surface area contributed by atoms with Crippen LogP contribution in [0.1, 0.15) is 42.9 Å². The predicted molar refractivity (Wildman–Crippen MR) is 105 cm³/mol. The highest BCUT2D eigenvalue weighted by Gasteiger charge is 2.26. The average molecular weight is 402 g/mol. The zero-order chi connectivity index (χ0) is 20.5. The van der Waals surface area contributed by atoms with Gasteiger partial charge in [-0.05, 0) is 45.9 Å². The summed E-state index contributed by atoms with van der Waals surface area (Å²) in [6.07, 6.45) is -1.11. The molecular formula is C20H22N2O5S. The molecule has 0 spiro atoms. The lowest BCUT2D eigenvalue weighted by molar-refractivity contribution is -0.127. The molecule has 28 heavy (non-hydrogen) atoms. The molecule has 1 aliphatic heterocycles. The van der Waals surface area contributed by atoms with Gasteiger partial charge in [0.25, 0.3) is 5.91 Å². The Labute approximate surface area is 167 Å². The summed E-state index contributed by atoms with van der Waals surface area (Å²) in [4.78, 5) is 37.7. The van der Waals surface area contributed by atoms with Crippen LogP contribution in [0.3, 0.4) is 0 Å². The molecule has 3 rings (SSSR count). The standard InChI is InChI=1S/C20H22N2O5S/c1-11(17(23)21-19(25)22-20(2,3)4)27-18(24)15-9-12-10-26-14-8-6-5-7-13(14)16(12)28-15/h5-9,11H,10H2,1-4H3,(H2,21,22,23,25). The Hall–Kier alpha value is -2.87. The van der Waals surface area contributed by atoms with E-state index in [1.165, 1.54) is 18.3 Å². The molecule has 0 fully saturated rings. The minimum atomic E-state index is -1.11. The number of fused-ring (bicyclic) bond motifs is 3. The Bertz CT molecular complexity index is 929. The van der Waals surface area contributed by atoms with E-state index in [9.17, 15) is 14.4 Å². The van der Waals surface area contributed by atoms with Crippen LogP contribution in [0.25, 0.3) is 10.4 Å². The fourth-order valence-corrected chi connectivity index (χ4v) is 3.74. The molecule has 1 aromatic heterocycles. The van der Waals surface area contributed by atoms with Crippen LogP contribution in [0, 0.1) is 0 Å². The van der Waals surface area contributed by atoms with Crippen molar-refractivity contribution in [3.8, 4) is 16.2 Å². The van der Waals surface area contributed by atoms with E-state index in [1.807, 2.05) is 24.3 Å². The second-order valence-electron chi connectivity index (χ2n) is 7.49. The van der Waals surface area contributed by atoms with Gasteiger partial charge in [0, 0.05) is 21.5 Å². The lowest BCUT2D eigenvalue weighted by Crippen LogP contribution is -2.50. The number of urea groups is 1. The van der Waals surface area contributed by atoms with E-state index < -0.39 is 29.6 Å². The second-order valence-corrected chi connectivity index (χ2v) is 8.54. The second kappa shape index (κ2) is 7.63. The number of hydrogen-bond acceptors (Lipinski definition) is 6. The number of carbonyl (C=O) groups excluding carboxylic acids is 3. The number of rotatable bonds is 3. The van der Waals surface area contributed by atoms with Crippen molar-refractivity contribution in [3.63, 3.8) is 0 Å². The van der Waals surface area contributed by atoms with Gasteiger partial charge < -0.3 is 14.8 Å². The van der Waals surface area contributed by atoms with Gasteiger partial charge >= 0.3 is 12.0 Å². The van der Waals surface area contributed by atoms with E-state index in [0.29, 0.717) is 11.5 Å². The van der Waals surface area contributed by atoms with Gasteiger partial charge in [-0.2, -0.15) is 0 Å². The van der Waals surface area contributed by atoms with Crippen molar-refractivity contribution in [1.82, 2.24) is 10.6 Å². The van der Waals surface area contributed by atoms with Crippen molar-refractivity contribution in [1.29, 1.82) is 0 Å². The van der Waals surface area contributed by atoms with Gasteiger partial charge in [0.2, 0.25) is 0 Å². The minimum Gasteiger partial charge on any atom is -0.488 e. The number of imide groups is 1. The largest absolute Gasteiger partial charge is 0.488 e. The Morgan fingerprint density at radius 3 is 2.64 bits per heavy atom. The first-order valence-corrected chi connectivity index (χ1v) is 9.64. The number of amides is 3. The molecule has 2 heterocycles. The fourth-order valence-electron chi connectivity index (χ4n) is 2.66. The molecule has 3 amide bonds. The molecule has 2 N–H and O–H groups in total. The van der Waals surface area contributed by atoms with Gasteiger partial charge in [0.05, 0.1) is 0 Å². The van der Waals surface area contributed by atoms with Crippen LogP contribution < -0.4 is 15.4 Å². The van der Waals surface area contributed by atoms with Crippen molar-refractivity contribution >= 4 is 29.2 Å². The van der Waals surface area contributed by atoms with Crippen LogP contribution in [-0.2, 0) is 16.1 Å². The van der Waals surface area contributed by atoms with Crippen molar-refractivity contribution < 1.29 is 23.9 Å². The molecule has 7 nitrogen and oxygen atoms in total. The summed E-state index contributed by atoms with van der Waals surface area (Å²) >= 11 is 1.30. The van der Waals surface area contributed by atoms with E-state index in [0.717, 1.165) is 21.8 Å². The Morgan fingerprint density at radius 1 is 1.21 bits per heavy atom. The van der Waals surface area contributed by atoms with E-state index >= 15 is 0 Å². The number of ether oxygens (including phenoxy) is 2. The van der Waals surface area contributed by atoms with Gasteiger partial charge in [0.15, 0.2) is 6.10 Å². The van der Waals surface area contributed by atoms with Crippen molar-refractivity contribution in [2.75, 3.05) is 0 Å². The molecule has 0 saturated heterocycles. The molecule has 0 saturated carbocycles. The van der Waals surface area contributed by atoms with E-state index in [-0.39, 0.29) is 0 Å². The molecule has 2 aromatic rings. The number of benzene rings is 1. The summed E-state index contributed by atoms with van der Waals surface area (Å²) in [6, 6.07) is 8.69. The Kier molecular flexibility index (Phi) is 5.42. The first-order valence-electron chi connectivity index (χ1n) is 8.83. The zero-order valence-electron chi connectivity index (χ0n) is 16.1. The van der Waals surface area contributed by atoms with E-state index in [2.05, 4.69) is 10.6 Å². The molecular weight excluding hydrogens is 380 g/mol. The van der Waals surface area contributed by atoms with E-state index in [1.54, 1.807) is 26.8 Å². The number of carbonyl (C=O) groups is 3. The smallest absolute Gasteiger partial charge is 0.349 e. The van der Waals surface area contributed by atoms with Gasteiger partial charge in [-0.15, -0.1) is 11.3 Å². The van der Waals surface area contributed by atoms with Gasteiger partial charge in [-0.25, -0.2) is 9.59 Å². The highest BCUT2D eigenvalue weighted by Crippen LogP contribution is 2.42. The highest BCUT2D eigenvalue weighted by molar-refractivity contribution is 7.17. The lowest BCUT2D eigenvalue weighted by Gasteiger charge is -2.21. The van der Waals surface area contributed by atoms with E-state index in [4.69, 9.17) is 9.47 Å². The molecule has 1 unspecified atom stereocenters. The molecule has 8 heteroatoms. The SMILES string of the molecule is CC(OC(=O)c1cc2c(s1)-c1ccccc1OC2)C(=O)NC(=O)NC(C)(C)C. The van der Waals surface area contributed by atoms with Crippen molar-refractivity contribution in [3.05, 3.63) is 40.8 Å². The molecule has 0 bridgehead atoms. The molecule has 1 aliphatic rings. The van der Waals surface area contributed by atoms with Crippen molar-refractivity contribution in [2.24, 2.45) is 0 Å². The summed E-state index contributed by atoms with van der Waals surface area (Å²) in [6.45, 7) is 7.17. The first kappa shape index (κ1) is 19.9. The maximum absolute atomic E-state index is 12.5. The van der Waals surface area contributed by atoms with Crippen LogP contribution >= 0.6 is 11.3 Å². The summed E-state index contributed by atoms with van der Waals surface area (Å²) in [5.74, 6) is -0.532. The van der Waals surface area contributed by atoms with Crippen molar-refractivity contribution in [2.45, 2.75) is 45.9 Å². The summed E-state index contributed by atoms with van der Waals surface area (Å²) < 4.78 is 10.9. The lowest BCUT2D eigenvalue weighted by atomic mass is 10.1. The highest BCUT2D eigenvalue weighted by atomic mass is 32.1. The number of esters is 1. The molecule has 0 aliphatic carbocycles. The predicted octanol–water partition coefficient (Wildman–Crippen LogP) is 3.48. The average Bonchev–Trinajstić information content (AvgIpc) is 3.04. The van der Waals surface area contributed by atoms with Gasteiger partial charge in [-0.3, -0.25) is 10.1 Å². The first-order chi connectivity index (χ1) is 13.1. The molecule has 1 aromatic carbocycles. The number of thiophene rings is 1. The van der Waals surface area contributed by atoms with Crippen LogP contribution in [0.4, 0.5) is 4.79 Å². The van der Waals surface area contributed by atoms with Crippen LogP contribution in [0.15, 0.2) is 30.3 Å². The third-order valence-corrected chi connectivity index (χ3v) is 5.09. The van der Waals surface area contributed by atoms with Gasteiger partial charge in [-0.1, -0.05) is 12.1 Å². The maximum Gasteiger partial charge on any atom is 0.349 e.